The van der Waals surface area contributed by atoms with Crippen LogP contribution >= 0.6 is 34.2 Å². The van der Waals surface area contributed by atoms with Crippen LogP contribution < -0.4 is 10.5 Å². The molecule has 7 heteroatoms. The monoisotopic (exact) mass is 368 g/mol. The molecule has 0 spiro atoms. The number of aromatic nitrogens is 2. The number of nitrogens with one attached hydrogen (secondary N) is 1. The summed E-state index contributed by atoms with van der Waals surface area (Å²) < 4.78 is 0.663. The summed E-state index contributed by atoms with van der Waals surface area (Å²) in [5, 5.41) is 0. The Morgan fingerprint density at radius 2 is 2.12 bits per heavy atom. The Balaban J connectivity index is 2.05. The fourth-order valence-electron chi connectivity index (χ4n) is 1.90. The summed E-state index contributed by atoms with van der Waals surface area (Å²) in [6.45, 7) is 4.65. The number of aromatic amines is 1. The van der Waals surface area contributed by atoms with Crippen molar-refractivity contribution < 1.29 is 0 Å². The smallest absolute Gasteiger partial charge is 0.266 e. The first-order valence-corrected chi connectivity index (χ1v) is 7.10. The van der Waals surface area contributed by atoms with Crippen LogP contribution in [-0.2, 0) is 0 Å². The van der Waals surface area contributed by atoms with Crippen LogP contribution in [0.2, 0.25) is 0 Å². The minimum Gasteiger partial charge on any atom is -0.353 e. The number of piperazine rings is 1. The largest absolute Gasteiger partial charge is 0.353 e. The van der Waals surface area contributed by atoms with E-state index < -0.39 is 0 Å². The summed E-state index contributed by atoms with van der Waals surface area (Å²) in [7, 11) is 0. The molecule has 17 heavy (non-hydrogen) atoms. The van der Waals surface area contributed by atoms with Gasteiger partial charge >= 0.3 is 0 Å². The van der Waals surface area contributed by atoms with E-state index in [4.69, 9.17) is 11.6 Å². The van der Waals surface area contributed by atoms with Crippen LogP contribution in [0.5, 0.6) is 0 Å². The predicted molar refractivity (Wildman–Crippen MR) is 76.9 cm³/mol. The molecule has 1 aliphatic heterocycles. The first kappa shape index (κ1) is 13.1. The molecule has 1 aromatic rings. The first-order valence-electron chi connectivity index (χ1n) is 5.49. The highest BCUT2D eigenvalue weighted by molar-refractivity contribution is 14.1. The zero-order valence-corrected chi connectivity index (χ0v) is 12.2. The van der Waals surface area contributed by atoms with Crippen molar-refractivity contribution in [1.29, 1.82) is 0 Å². The predicted octanol–water partition coefficient (Wildman–Crippen LogP) is 0.735. The molecule has 94 valence electrons. The van der Waals surface area contributed by atoms with Crippen LogP contribution in [0, 0.1) is 3.57 Å². The van der Waals surface area contributed by atoms with Crippen molar-refractivity contribution >= 4 is 40.0 Å². The maximum Gasteiger partial charge on any atom is 0.266 e. The molecule has 0 radical (unpaired) electrons. The second-order valence-electron chi connectivity index (χ2n) is 3.89. The van der Waals surface area contributed by atoms with Gasteiger partial charge in [0.1, 0.15) is 9.39 Å². The zero-order chi connectivity index (χ0) is 12.3. The van der Waals surface area contributed by atoms with Gasteiger partial charge in [0.15, 0.2) is 0 Å². The Morgan fingerprint density at radius 3 is 2.76 bits per heavy atom. The normalized spacial score (nSPS) is 17.4. The molecule has 0 aliphatic carbocycles. The molecule has 1 N–H and O–H groups in total. The van der Waals surface area contributed by atoms with Gasteiger partial charge in [-0.25, -0.2) is 4.98 Å². The lowest BCUT2D eigenvalue weighted by atomic mass is 10.3. The fourth-order valence-corrected chi connectivity index (χ4v) is 2.77. The molecule has 0 amide bonds. The third-order valence-corrected chi connectivity index (χ3v) is 3.99. The number of hydrogen-bond acceptors (Lipinski definition) is 4. The molecule has 1 aromatic heterocycles. The van der Waals surface area contributed by atoms with Gasteiger partial charge in [0.2, 0.25) is 0 Å². The van der Waals surface area contributed by atoms with Crippen LogP contribution in [0.15, 0.2) is 11.1 Å². The van der Waals surface area contributed by atoms with E-state index in [1.807, 2.05) is 22.6 Å². The first-order chi connectivity index (χ1) is 8.22. The Labute approximate surface area is 118 Å². The van der Waals surface area contributed by atoms with Gasteiger partial charge in [0.25, 0.3) is 5.56 Å². The Kier molecular flexibility index (Phi) is 4.63. The molecule has 0 saturated carbocycles. The Morgan fingerprint density at radius 1 is 1.41 bits per heavy atom. The van der Waals surface area contributed by atoms with E-state index in [2.05, 4.69) is 19.8 Å². The van der Waals surface area contributed by atoms with E-state index >= 15 is 0 Å². The lowest BCUT2D eigenvalue weighted by molar-refractivity contribution is 0.272. The van der Waals surface area contributed by atoms with Gasteiger partial charge in [-0.2, -0.15) is 0 Å². The zero-order valence-electron chi connectivity index (χ0n) is 9.33. The second kappa shape index (κ2) is 6.01. The maximum atomic E-state index is 11.5. The van der Waals surface area contributed by atoms with Crippen molar-refractivity contribution in [2.75, 3.05) is 43.5 Å². The number of halogens is 2. The van der Waals surface area contributed by atoms with E-state index in [1.165, 1.54) is 6.33 Å². The van der Waals surface area contributed by atoms with Crippen molar-refractivity contribution in [3.05, 3.63) is 20.3 Å². The van der Waals surface area contributed by atoms with Gasteiger partial charge in [-0.15, -0.1) is 11.6 Å². The number of H-pyrrole nitrogens is 1. The summed E-state index contributed by atoms with van der Waals surface area (Å²) in [6, 6.07) is 0. The minimum absolute atomic E-state index is 0.0706. The molecule has 2 rings (SSSR count). The molecule has 1 saturated heterocycles. The van der Waals surface area contributed by atoms with Crippen LogP contribution in [0.3, 0.4) is 0 Å². The third-order valence-electron chi connectivity index (χ3n) is 2.85. The van der Waals surface area contributed by atoms with Crippen molar-refractivity contribution in [3.8, 4) is 0 Å². The highest BCUT2D eigenvalue weighted by atomic mass is 127. The van der Waals surface area contributed by atoms with Gasteiger partial charge in [-0.05, 0) is 22.6 Å². The van der Waals surface area contributed by atoms with Crippen LogP contribution in [-0.4, -0.2) is 53.5 Å². The van der Waals surface area contributed by atoms with Crippen molar-refractivity contribution in [3.63, 3.8) is 0 Å². The van der Waals surface area contributed by atoms with E-state index in [9.17, 15) is 4.79 Å². The SMILES string of the molecule is O=c1[nH]cnc(N2CCN(CCCl)CC2)c1I. The van der Waals surface area contributed by atoms with E-state index in [-0.39, 0.29) is 5.56 Å². The summed E-state index contributed by atoms with van der Waals surface area (Å²) in [5.41, 5.74) is -0.0706. The fraction of sp³-hybridized carbons (Fsp3) is 0.600. The number of rotatable bonds is 3. The molecule has 0 atom stereocenters. The highest BCUT2D eigenvalue weighted by Gasteiger charge is 2.20. The van der Waals surface area contributed by atoms with E-state index in [0.717, 1.165) is 38.5 Å². The van der Waals surface area contributed by atoms with E-state index in [0.29, 0.717) is 9.45 Å². The third kappa shape index (κ3) is 3.11. The van der Waals surface area contributed by atoms with Gasteiger partial charge in [-0.1, -0.05) is 0 Å². The van der Waals surface area contributed by atoms with Gasteiger partial charge in [0.05, 0.1) is 6.33 Å². The minimum atomic E-state index is -0.0706. The average Bonchev–Trinajstić information content (AvgIpc) is 2.34. The van der Waals surface area contributed by atoms with E-state index in [1.54, 1.807) is 0 Å². The Hall–Kier alpha value is -0.340. The van der Waals surface area contributed by atoms with Gasteiger partial charge in [-0.3, -0.25) is 9.69 Å². The highest BCUT2D eigenvalue weighted by Crippen LogP contribution is 2.17. The Bertz CT molecular complexity index is 431. The topological polar surface area (TPSA) is 52.2 Å². The average molecular weight is 369 g/mol. The molecule has 1 fully saturated rings. The number of anilines is 1. The van der Waals surface area contributed by atoms with Crippen LogP contribution in [0.1, 0.15) is 0 Å². The van der Waals surface area contributed by atoms with Crippen LogP contribution in [0.25, 0.3) is 0 Å². The van der Waals surface area contributed by atoms with Gasteiger partial charge < -0.3 is 9.88 Å². The summed E-state index contributed by atoms with van der Waals surface area (Å²) >= 11 is 7.77. The maximum absolute atomic E-state index is 11.5. The van der Waals surface area contributed by atoms with Gasteiger partial charge in [0, 0.05) is 38.6 Å². The lowest BCUT2D eigenvalue weighted by Crippen LogP contribution is -2.47. The summed E-state index contributed by atoms with van der Waals surface area (Å²) in [4.78, 5) is 22.8. The summed E-state index contributed by atoms with van der Waals surface area (Å²) in [5.74, 6) is 1.46. The van der Waals surface area contributed by atoms with Crippen molar-refractivity contribution in [1.82, 2.24) is 14.9 Å². The summed E-state index contributed by atoms with van der Waals surface area (Å²) in [6.07, 6.45) is 1.46. The van der Waals surface area contributed by atoms with Crippen LogP contribution in [0.4, 0.5) is 5.82 Å². The molecule has 2 heterocycles. The molecule has 0 aromatic carbocycles. The lowest BCUT2D eigenvalue weighted by Gasteiger charge is -2.35. The standard InChI is InChI=1S/C10H14ClIN4O/c11-1-2-15-3-5-16(6-4-15)9-8(12)10(17)14-7-13-9/h7H,1-6H2,(H,13,14,17). The molecular formula is C10H14ClIN4O. The number of nitrogens with zero attached hydrogens (tertiary/aromatic N) is 3. The molecule has 0 bridgehead atoms. The number of hydrogen-bond donors (Lipinski definition) is 1. The molecule has 5 nitrogen and oxygen atoms in total. The molecular weight excluding hydrogens is 354 g/mol. The molecule has 1 aliphatic rings. The second-order valence-corrected chi connectivity index (χ2v) is 5.34. The van der Waals surface area contributed by atoms with Crippen molar-refractivity contribution in [2.24, 2.45) is 0 Å². The van der Waals surface area contributed by atoms with Crippen molar-refractivity contribution in [2.45, 2.75) is 0 Å². The number of alkyl halides is 1. The molecule has 0 unspecified atom stereocenters. The quantitative estimate of drug-likeness (QED) is 0.631.